The van der Waals surface area contributed by atoms with Gasteiger partial charge in [0.2, 0.25) is 0 Å². The van der Waals surface area contributed by atoms with Gasteiger partial charge in [-0.15, -0.1) is 0 Å². The topological polar surface area (TPSA) is 159 Å². The maximum absolute atomic E-state index is 13.2. The van der Waals surface area contributed by atoms with Gasteiger partial charge in [-0.25, -0.2) is 0 Å². The van der Waals surface area contributed by atoms with E-state index in [-0.39, 0.29) is 51.1 Å². The predicted octanol–water partition coefficient (Wildman–Crippen LogP) is 5.50. The summed E-state index contributed by atoms with van der Waals surface area (Å²) < 4.78 is 80.4. The second-order valence-corrected chi connectivity index (χ2v) is 16.9. The Bertz CT molecular complexity index is 2190. The van der Waals surface area contributed by atoms with E-state index in [1.807, 2.05) is 55.4 Å². The van der Waals surface area contributed by atoms with Crippen molar-refractivity contribution in [3.05, 3.63) is 74.7 Å². The quantitative estimate of drug-likeness (QED) is 0.131. The first-order valence-corrected chi connectivity index (χ1v) is 18.9. The molecule has 0 saturated carbocycles. The molecule has 2 aliphatic heterocycles. The molecule has 1 atom stereocenters. The third-order valence-electron chi connectivity index (χ3n) is 10.3. The lowest BCUT2D eigenvalue weighted by molar-refractivity contribution is 0.0953. The summed E-state index contributed by atoms with van der Waals surface area (Å²) >= 11 is 0. The highest BCUT2D eigenvalue weighted by Gasteiger charge is 2.44. The van der Waals surface area contributed by atoms with Crippen LogP contribution in [0.4, 0.5) is 5.69 Å². The number of hydrogen-bond donors (Lipinski definition) is 4. The normalized spacial score (nSPS) is 16.9. The molecule has 5 rings (SSSR count). The highest BCUT2D eigenvalue weighted by Crippen LogP contribution is 2.52. The van der Waals surface area contributed by atoms with Crippen molar-refractivity contribution >= 4 is 44.0 Å². The first kappa shape index (κ1) is 35.6. The molecular formula is C36H44N2O8S2. The van der Waals surface area contributed by atoms with Gasteiger partial charge in [0, 0.05) is 39.9 Å². The molecule has 3 aromatic rings. The number of hydrogen-bond acceptors (Lipinski definition) is 7. The Morgan fingerprint density at radius 1 is 1.06 bits per heavy atom. The van der Waals surface area contributed by atoms with Crippen LogP contribution in [0.2, 0.25) is 0 Å². The van der Waals surface area contributed by atoms with E-state index < -0.39 is 40.9 Å². The van der Waals surface area contributed by atoms with Crippen LogP contribution in [0.5, 0.6) is 11.5 Å². The Morgan fingerprint density at radius 2 is 1.71 bits per heavy atom. The van der Waals surface area contributed by atoms with Crippen LogP contribution in [0.15, 0.2) is 46.2 Å². The number of benzene rings is 3. The van der Waals surface area contributed by atoms with Gasteiger partial charge in [-0.1, -0.05) is 73.6 Å². The zero-order chi connectivity index (χ0) is 35.7. The number of amides is 1. The third-order valence-corrected chi connectivity index (χ3v) is 12.2. The van der Waals surface area contributed by atoms with Crippen LogP contribution in [0.25, 0.3) is 12.2 Å². The molecular weight excluding hydrogens is 653 g/mol. The van der Waals surface area contributed by atoms with E-state index in [9.17, 15) is 30.7 Å². The number of ether oxygens (including phenoxy) is 1. The van der Waals surface area contributed by atoms with Gasteiger partial charge >= 0.3 is 0 Å². The van der Waals surface area contributed by atoms with Crippen molar-refractivity contribution in [3.8, 4) is 11.5 Å². The summed E-state index contributed by atoms with van der Waals surface area (Å²) in [6.07, 6.45) is 1.70. The van der Waals surface area contributed by atoms with Crippen LogP contribution < -0.4 is 25.8 Å². The monoisotopic (exact) mass is 696 g/mol. The summed E-state index contributed by atoms with van der Waals surface area (Å²) in [7, 11) is -9.99. The molecule has 12 heteroatoms. The smallest absolute Gasteiger partial charge is 0.300 e. The lowest BCUT2D eigenvalue weighted by Crippen LogP contribution is -2.37. The number of anilines is 1. The van der Waals surface area contributed by atoms with Crippen LogP contribution in [0.1, 0.15) is 101 Å². The Balaban J connectivity index is 2.03. The molecule has 4 N–H and O–H groups in total. The number of unbranched alkanes of at least 4 members (excludes halogenated alkanes) is 1. The molecule has 1 amide bonds. The SMILES string of the molecule is C=c1c(C(C)(C)C(C)C)cc2c(c1S(=O)(=O)O)Oc1c(cc3c(c1S(=O)(=O)O)NC(C)C3(C)C)C=2c1cccc(C(=O)NCCCC)c1. The van der Waals surface area contributed by atoms with Crippen molar-refractivity contribution in [2.24, 2.45) is 5.92 Å². The summed E-state index contributed by atoms with van der Waals surface area (Å²) in [5.74, 6) is -0.947. The van der Waals surface area contributed by atoms with Crippen LogP contribution in [-0.4, -0.2) is 44.4 Å². The molecule has 2 aliphatic rings. The largest absolute Gasteiger partial charge is 0.453 e. The fraction of sp³-hybridized carbons (Fsp3) is 0.417. The average molecular weight is 697 g/mol. The van der Waals surface area contributed by atoms with Crippen molar-refractivity contribution in [2.75, 3.05) is 11.9 Å². The molecule has 258 valence electrons. The predicted molar refractivity (Wildman–Crippen MR) is 187 cm³/mol. The molecule has 10 nitrogen and oxygen atoms in total. The van der Waals surface area contributed by atoms with Crippen LogP contribution in [0, 0.1) is 5.92 Å². The average Bonchev–Trinajstić information content (AvgIpc) is 3.19. The van der Waals surface area contributed by atoms with Crippen molar-refractivity contribution < 1.29 is 35.5 Å². The summed E-state index contributed by atoms with van der Waals surface area (Å²) in [5.41, 5.74) is 1.48. The van der Waals surface area contributed by atoms with Crippen molar-refractivity contribution in [2.45, 2.75) is 94.9 Å². The maximum atomic E-state index is 13.2. The number of fused-ring (bicyclic) bond motifs is 3. The Hall–Kier alpha value is -3.71. The molecule has 2 heterocycles. The highest BCUT2D eigenvalue weighted by molar-refractivity contribution is 7.86. The van der Waals surface area contributed by atoms with E-state index in [2.05, 4.69) is 17.2 Å². The Morgan fingerprint density at radius 3 is 2.29 bits per heavy atom. The second kappa shape index (κ2) is 12.0. The summed E-state index contributed by atoms with van der Waals surface area (Å²) in [6.45, 7) is 20.2. The minimum Gasteiger partial charge on any atom is -0.453 e. The zero-order valence-electron chi connectivity index (χ0n) is 28.6. The van der Waals surface area contributed by atoms with Crippen molar-refractivity contribution in [3.63, 3.8) is 0 Å². The zero-order valence-corrected chi connectivity index (χ0v) is 30.2. The van der Waals surface area contributed by atoms with Gasteiger partial charge in [0.05, 0.1) is 5.69 Å². The van der Waals surface area contributed by atoms with Crippen LogP contribution >= 0.6 is 0 Å². The molecule has 0 bridgehead atoms. The lowest BCUT2D eigenvalue weighted by atomic mass is 9.74. The van der Waals surface area contributed by atoms with Crippen molar-refractivity contribution in [1.82, 2.24) is 5.32 Å². The van der Waals surface area contributed by atoms with Gasteiger partial charge < -0.3 is 15.4 Å². The molecule has 0 aromatic heterocycles. The minimum atomic E-state index is -5.01. The van der Waals surface area contributed by atoms with E-state index >= 15 is 0 Å². The fourth-order valence-electron chi connectivity index (χ4n) is 6.43. The third kappa shape index (κ3) is 5.82. The van der Waals surface area contributed by atoms with Gasteiger partial charge in [0.15, 0.2) is 16.4 Å². The van der Waals surface area contributed by atoms with Gasteiger partial charge in [-0.3, -0.25) is 13.9 Å². The summed E-state index contributed by atoms with van der Waals surface area (Å²) in [5, 5.41) is 6.35. The van der Waals surface area contributed by atoms with Gasteiger partial charge in [0.25, 0.3) is 26.1 Å². The molecule has 3 aromatic carbocycles. The summed E-state index contributed by atoms with van der Waals surface area (Å²) in [6, 6.07) is 10.0. The fourth-order valence-corrected chi connectivity index (χ4v) is 8.05. The molecule has 1 unspecified atom stereocenters. The molecule has 0 spiro atoms. The van der Waals surface area contributed by atoms with E-state index in [0.29, 0.717) is 34.4 Å². The molecule has 48 heavy (non-hydrogen) atoms. The van der Waals surface area contributed by atoms with Crippen LogP contribution in [-0.2, 0) is 31.1 Å². The van der Waals surface area contributed by atoms with Gasteiger partial charge in [0.1, 0.15) is 4.90 Å². The van der Waals surface area contributed by atoms with Gasteiger partial charge in [-0.05, 0) is 70.9 Å². The standard InChI is InChI=1S/C36H44N2O8S2/c1-10-11-15-37-34(39)23-14-12-13-22(16-23)28-24-17-26(35(6,7)19(2)3)20(4)32(47(40,41)42)30(24)46-31-25(28)18-27-29(33(31)48(43,44)45)38-21(5)36(27,8)9/h12-14,16-19,21,38H,4,10-11,15H2,1-3,5-9H3,(H,37,39)(H,40,41,42)(H,43,44,45). The minimum absolute atomic E-state index is 0.00320. The molecule has 0 saturated heterocycles. The maximum Gasteiger partial charge on any atom is 0.300 e. The van der Waals surface area contributed by atoms with E-state index in [1.54, 1.807) is 36.4 Å². The first-order chi connectivity index (χ1) is 22.1. The van der Waals surface area contributed by atoms with E-state index in [1.165, 1.54) is 0 Å². The molecule has 0 radical (unpaired) electrons. The number of rotatable bonds is 9. The Labute approximate surface area is 282 Å². The Kier molecular flexibility index (Phi) is 8.91. The second-order valence-electron chi connectivity index (χ2n) is 14.2. The first-order valence-electron chi connectivity index (χ1n) is 16.0. The highest BCUT2D eigenvalue weighted by atomic mass is 32.2. The number of nitrogens with one attached hydrogen (secondary N) is 2. The number of carbonyl (C=O) groups is 1. The van der Waals surface area contributed by atoms with Gasteiger partial charge in [-0.2, -0.15) is 16.8 Å². The molecule has 0 aliphatic carbocycles. The van der Waals surface area contributed by atoms with Crippen LogP contribution in [0.3, 0.4) is 0 Å². The van der Waals surface area contributed by atoms with Crippen molar-refractivity contribution in [1.29, 1.82) is 0 Å². The number of carbonyl (C=O) groups excluding carboxylic acids is 1. The van der Waals surface area contributed by atoms with E-state index in [4.69, 9.17) is 4.74 Å². The van der Waals surface area contributed by atoms with E-state index in [0.717, 1.165) is 12.8 Å². The lowest BCUT2D eigenvalue weighted by Gasteiger charge is -2.33. The molecule has 0 fully saturated rings. The summed E-state index contributed by atoms with van der Waals surface area (Å²) in [4.78, 5) is 12.0.